The first-order valence-electron chi connectivity index (χ1n) is 7.10. The number of rotatable bonds is 3. The first-order chi connectivity index (χ1) is 11.9. The van der Waals surface area contributed by atoms with Gasteiger partial charge in [0.15, 0.2) is 0 Å². The zero-order valence-corrected chi connectivity index (χ0v) is 12.4. The van der Waals surface area contributed by atoms with Crippen molar-refractivity contribution in [2.24, 2.45) is 11.8 Å². The van der Waals surface area contributed by atoms with Gasteiger partial charge < -0.3 is 0 Å². The van der Waals surface area contributed by atoms with Crippen LogP contribution in [-0.4, -0.2) is 40.7 Å². The second-order valence-corrected chi connectivity index (χ2v) is 5.38. The van der Waals surface area contributed by atoms with Gasteiger partial charge in [-0.3, -0.25) is 45.4 Å². The number of carbonyl (C=O) groups is 6. The molecule has 2 fully saturated rings. The van der Waals surface area contributed by atoms with Gasteiger partial charge in [-0.15, -0.1) is 0 Å². The molecule has 0 saturated carbocycles. The summed E-state index contributed by atoms with van der Waals surface area (Å²) in [5.74, 6) is -8.11. The van der Waals surface area contributed by atoms with E-state index in [4.69, 9.17) is 0 Å². The summed E-state index contributed by atoms with van der Waals surface area (Å²) in [5.41, 5.74) is 0.296. The zero-order chi connectivity index (χ0) is 18.1. The molecule has 2 aliphatic rings. The molecular weight excluding hydrogens is 334 g/mol. The summed E-state index contributed by atoms with van der Waals surface area (Å²) in [6.07, 6.45) is 2.71. The van der Waals surface area contributed by atoms with Crippen molar-refractivity contribution in [1.29, 1.82) is 0 Å². The van der Waals surface area contributed by atoms with E-state index in [-0.39, 0.29) is 0 Å². The molecule has 3 heterocycles. The molecule has 0 unspecified atom stereocenters. The average Bonchev–Trinajstić information content (AvgIpc) is 2.52. The molecule has 128 valence electrons. The normalized spacial score (nSPS) is 19.4. The standard InChI is InChI=1S/C14H11N5O6/c20-9-7(10(21)17-13(24)16-9)6(5-1-3-15-4-2-5)8-11(22)18-14(25)19-12(8)23/h1-4,6-8H,(H2,16,17,20,21,24)(H2,18,19,22,23,25). The van der Waals surface area contributed by atoms with Crippen LogP contribution in [0.2, 0.25) is 0 Å². The predicted octanol–water partition coefficient (Wildman–Crippen LogP) is -1.87. The Labute approximate surface area is 139 Å². The second-order valence-electron chi connectivity index (χ2n) is 5.38. The quantitative estimate of drug-likeness (QED) is 0.466. The van der Waals surface area contributed by atoms with E-state index < -0.39 is 53.4 Å². The van der Waals surface area contributed by atoms with Gasteiger partial charge in [0.05, 0.1) is 0 Å². The maximum absolute atomic E-state index is 12.2. The highest BCUT2D eigenvalue weighted by Gasteiger charge is 2.50. The molecule has 0 aliphatic carbocycles. The Morgan fingerprint density at radius 1 is 0.680 bits per heavy atom. The molecule has 25 heavy (non-hydrogen) atoms. The van der Waals surface area contributed by atoms with Gasteiger partial charge in [-0.1, -0.05) is 0 Å². The number of hydrogen-bond acceptors (Lipinski definition) is 7. The van der Waals surface area contributed by atoms with E-state index >= 15 is 0 Å². The van der Waals surface area contributed by atoms with Gasteiger partial charge in [-0.2, -0.15) is 0 Å². The van der Waals surface area contributed by atoms with Crippen LogP contribution in [0.1, 0.15) is 11.5 Å². The summed E-state index contributed by atoms with van der Waals surface area (Å²) in [7, 11) is 0. The molecular formula is C14H11N5O6. The molecule has 2 aliphatic heterocycles. The molecule has 2 saturated heterocycles. The Hall–Kier alpha value is -3.63. The Bertz CT molecular complexity index is 719. The van der Waals surface area contributed by atoms with E-state index in [1.807, 2.05) is 21.3 Å². The number of hydrogen-bond donors (Lipinski definition) is 4. The predicted molar refractivity (Wildman–Crippen MR) is 77.3 cm³/mol. The minimum Gasteiger partial charge on any atom is -0.277 e. The van der Waals surface area contributed by atoms with E-state index in [1.54, 1.807) is 0 Å². The van der Waals surface area contributed by atoms with Crippen molar-refractivity contribution in [3.8, 4) is 0 Å². The third-order valence-electron chi connectivity index (χ3n) is 3.89. The van der Waals surface area contributed by atoms with Crippen LogP contribution in [0, 0.1) is 11.8 Å². The van der Waals surface area contributed by atoms with Crippen LogP contribution in [-0.2, 0) is 19.2 Å². The average molecular weight is 345 g/mol. The summed E-state index contributed by atoms with van der Waals surface area (Å²) in [5, 5.41) is 7.73. The molecule has 8 amide bonds. The van der Waals surface area contributed by atoms with Crippen molar-refractivity contribution in [3.05, 3.63) is 30.1 Å². The van der Waals surface area contributed by atoms with E-state index in [1.165, 1.54) is 24.5 Å². The van der Waals surface area contributed by atoms with Crippen molar-refractivity contribution >= 4 is 35.7 Å². The van der Waals surface area contributed by atoms with Crippen LogP contribution in [0.4, 0.5) is 9.59 Å². The van der Waals surface area contributed by atoms with Crippen molar-refractivity contribution < 1.29 is 28.8 Å². The largest absolute Gasteiger partial charge is 0.328 e. The van der Waals surface area contributed by atoms with Gasteiger partial charge in [-0.25, -0.2) is 9.59 Å². The van der Waals surface area contributed by atoms with Crippen molar-refractivity contribution in [2.45, 2.75) is 5.92 Å². The van der Waals surface area contributed by atoms with E-state index in [0.29, 0.717) is 5.56 Å². The Morgan fingerprint density at radius 2 is 1.04 bits per heavy atom. The molecule has 11 nitrogen and oxygen atoms in total. The zero-order valence-electron chi connectivity index (χ0n) is 12.4. The number of nitrogens with one attached hydrogen (secondary N) is 4. The summed E-state index contributed by atoms with van der Waals surface area (Å²) in [6.45, 7) is 0. The smallest absolute Gasteiger partial charge is 0.277 e. The first kappa shape index (κ1) is 16.2. The molecule has 1 aromatic rings. The van der Waals surface area contributed by atoms with Crippen LogP contribution in [0.15, 0.2) is 24.5 Å². The van der Waals surface area contributed by atoms with E-state index in [0.717, 1.165) is 0 Å². The van der Waals surface area contributed by atoms with Crippen molar-refractivity contribution in [2.75, 3.05) is 0 Å². The summed E-state index contributed by atoms with van der Waals surface area (Å²) >= 11 is 0. The molecule has 1 aromatic heterocycles. The lowest BCUT2D eigenvalue weighted by Crippen LogP contribution is -2.62. The molecule has 4 N–H and O–H groups in total. The molecule has 0 spiro atoms. The lowest BCUT2D eigenvalue weighted by Gasteiger charge is -2.34. The fraction of sp³-hybridized carbons (Fsp3) is 0.214. The number of barbiturate groups is 2. The molecule has 11 heteroatoms. The number of carbonyl (C=O) groups excluding carboxylic acids is 6. The SMILES string of the molecule is O=C1NC(=O)C(C(c2ccncc2)C2C(=O)NC(=O)NC2=O)C(=O)N1. The number of amides is 8. The van der Waals surface area contributed by atoms with Gasteiger partial charge >= 0.3 is 12.1 Å². The van der Waals surface area contributed by atoms with Crippen LogP contribution < -0.4 is 21.3 Å². The van der Waals surface area contributed by atoms with Gasteiger partial charge in [0.2, 0.25) is 23.6 Å². The molecule has 0 aromatic carbocycles. The number of urea groups is 2. The van der Waals surface area contributed by atoms with E-state index in [9.17, 15) is 28.8 Å². The molecule has 3 rings (SSSR count). The third kappa shape index (κ3) is 2.94. The lowest BCUT2D eigenvalue weighted by molar-refractivity contribution is -0.141. The Morgan fingerprint density at radius 3 is 1.40 bits per heavy atom. The van der Waals surface area contributed by atoms with Gasteiger partial charge in [0, 0.05) is 18.3 Å². The minimum atomic E-state index is -1.53. The topological polar surface area (TPSA) is 163 Å². The van der Waals surface area contributed by atoms with Crippen LogP contribution in [0.25, 0.3) is 0 Å². The van der Waals surface area contributed by atoms with Crippen LogP contribution >= 0.6 is 0 Å². The summed E-state index contributed by atoms with van der Waals surface area (Å²) in [6, 6.07) is 0.872. The van der Waals surface area contributed by atoms with Gasteiger partial charge in [-0.05, 0) is 17.7 Å². The third-order valence-corrected chi connectivity index (χ3v) is 3.89. The summed E-state index contributed by atoms with van der Waals surface area (Å²) in [4.78, 5) is 75.2. The maximum atomic E-state index is 12.2. The lowest BCUT2D eigenvalue weighted by atomic mass is 9.74. The monoisotopic (exact) mass is 345 g/mol. The number of aromatic nitrogens is 1. The highest BCUT2D eigenvalue weighted by molar-refractivity contribution is 6.20. The fourth-order valence-corrected chi connectivity index (χ4v) is 2.87. The van der Waals surface area contributed by atoms with Gasteiger partial charge in [0.25, 0.3) is 0 Å². The van der Waals surface area contributed by atoms with Crippen molar-refractivity contribution in [1.82, 2.24) is 26.3 Å². The molecule has 0 atom stereocenters. The van der Waals surface area contributed by atoms with Gasteiger partial charge in [0.1, 0.15) is 11.8 Å². The van der Waals surface area contributed by atoms with Crippen molar-refractivity contribution in [3.63, 3.8) is 0 Å². The van der Waals surface area contributed by atoms with Crippen LogP contribution in [0.3, 0.4) is 0 Å². The summed E-state index contributed by atoms with van der Waals surface area (Å²) < 4.78 is 0. The highest BCUT2D eigenvalue weighted by Crippen LogP contribution is 2.35. The molecule has 0 bridgehead atoms. The fourth-order valence-electron chi connectivity index (χ4n) is 2.87. The molecule has 0 radical (unpaired) electrons. The second kappa shape index (κ2) is 6.11. The maximum Gasteiger partial charge on any atom is 0.328 e. The Kier molecular flexibility index (Phi) is 3.97. The number of pyridine rings is 1. The minimum absolute atomic E-state index is 0.296. The van der Waals surface area contributed by atoms with E-state index in [2.05, 4.69) is 4.98 Å². The first-order valence-corrected chi connectivity index (χ1v) is 7.10. The number of nitrogens with zero attached hydrogens (tertiary/aromatic N) is 1. The Balaban J connectivity index is 2.08. The van der Waals surface area contributed by atoms with Crippen LogP contribution in [0.5, 0.6) is 0 Å². The highest BCUT2D eigenvalue weighted by atomic mass is 16.2. The number of imide groups is 4.